The lowest BCUT2D eigenvalue weighted by molar-refractivity contribution is -0.145. The SMILES string of the molecule is COC(=O)[C@@H](Cc1ccccc1Br)NC(=O)[C@H](CC(C)C)NC(C)=O. The van der Waals surface area contributed by atoms with Crippen molar-refractivity contribution in [2.45, 2.75) is 45.7 Å². The average Bonchev–Trinajstić information content (AvgIpc) is 2.53. The highest BCUT2D eigenvalue weighted by molar-refractivity contribution is 9.10. The van der Waals surface area contributed by atoms with Crippen LogP contribution in [0.15, 0.2) is 28.7 Å². The first kappa shape index (κ1) is 21.2. The molecule has 0 heterocycles. The number of benzene rings is 1. The first-order valence-electron chi connectivity index (χ1n) is 8.13. The molecule has 0 spiro atoms. The Morgan fingerprint density at radius 2 is 1.76 bits per heavy atom. The third kappa shape index (κ3) is 7.25. The van der Waals surface area contributed by atoms with Crippen molar-refractivity contribution in [3.05, 3.63) is 34.3 Å². The number of nitrogens with one attached hydrogen (secondary N) is 2. The first-order chi connectivity index (χ1) is 11.7. The van der Waals surface area contributed by atoms with Gasteiger partial charge in [0.25, 0.3) is 0 Å². The van der Waals surface area contributed by atoms with Crippen LogP contribution < -0.4 is 10.6 Å². The maximum Gasteiger partial charge on any atom is 0.328 e. The molecule has 138 valence electrons. The maximum absolute atomic E-state index is 12.6. The highest BCUT2D eigenvalue weighted by Gasteiger charge is 2.27. The summed E-state index contributed by atoms with van der Waals surface area (Å²) in [5.41, 5.74) is 0.873. The quantitative estimate of drug-likeness (QED) is 0.640. The highest BCUT2D eigenvalue weighted by Crippen LogP contribution is 2.18. The third-order valence-corrected chi connectivity index (χ3v) is 4.36. The molecular weight excluding hydrogens is 388 g/mol. The van der Waals surface area contributed by atoms with Crippen molar-refractivity contribution in [1.29, 1.82) is 0 Å². The Morgan fingerprint density at radius 3 is 2.28 bits per heavy atom. The predicted molar refractivity (Wildman–Crippen MR) is 98.9 cm³/mol. The molecule has 2 N–H and O–H groups in total. The summed E-state index contributed by atoms with van der Waals surface area (Å²) in [6.07, 6.45) is 0.767. The average molecular weight is 413 g/mol. The molecule has 2 atom stereocenters. The number of carbonyl (C=O) groups is 3. The van der Waals surface area contributed by atoms with Gasteiger partial charge in [0.2, 0.25) is 11.8 Å². The lowest BCUT2D eigenvalue weighted by atomic mass is 10.0. The fraction of sp³-hybridized carbons (Fsp3) is 0.500. The van der Waals surface area contributed by atoms with Gasteiger partial charge in [-0.25, -0.2) is 4.79 Å². The summed E-state index contributed by atoms with van der Waals surface area (Å²) in [5.74, 6) is -1.01. The Hall–Kier alpha value is -1.89. The number of carbonyl (C=O) groups excluding carboxylic acids is 3. The molecule has 0 aliphatic heterocycles. The van der Waals surface area contributed by atoms with Gasteiger partial charge in [0.15, 0.2) is 0 Å². The number of hydrogen-bond acceptors (Lipinski definition) is 4. The van der Waals surface area contributed by atoms with Crippen molar-refractivity contribution in [3.63, 3.8) is 0 Å². The van der Waals surface area contributed by atoms with E-state index in [9.17, 15) is 14.4 Å². The van der Waals surface area contributed by atoms with Gasteiger partial charge in [0.1, 0.15) is 12.1 Å². The van der Waals surface area contributed by atoms with E-state index in [1.165, 1.54) is 14.0 Å². The van der Waals surface area contributed by atoms with Gasteiger partial charge in [-0.3, -0.25) is 9.59 Å². The van der Waals surface area contributed by atoms with Crippen molar-refractivity contribution < 1.29 is 19.1 Å². The molecule has 0 radical (unpaired) electrons. The van der Waals surface area contributed by atoms with Gasteiger partial charge in [-0.15, -0.1) is 0 Å². The standard InChI is InChI=1S/C18H25BrN2O4/c1-11(2)9-15(20-12(3)22)17(23)21-16(18(24)25-4)10-13-7-5-6-8-14(13)19/h5-8,11,15-16H,9-10H2,1-4H3,(H,20,22)(H,21,23)/t15-,16+/m0/s1. The van der Waals surface area contributed by atoms with E-state index in [2.05, 4.69) is 26.6 Å². The zero-order chi connectivity index (χ0) is 19.0. The minimum atomic E-state index is -0.834. The minimum Gasteiger partial charge on any atom is -0.467 e. The van der Waals surface area contributed by atoms with Gasteiger partial charge in [-0.1, -0.05) is 48.0 Å². The molecule has 0 fully saturated rings. The Balaban J connectivity index is 2.92. The fourth-order valence-corrected chi connectivity index (χ4v) is 2.89. The zero-order valence-corrected chi connectivity index (χ0v) is 16.6. The van der Waals surface area contributed by atoms with Crippen molar-refractivity contribution >= 4 is 33.7 Å². The van der Waals surface area contributed by atoms with Gasteiger partial charge in [0, 0.05) is 17.8 Å². The third-order valence-electron chi connectivity index (χ3n) is 3.59. The summed E-state index contributed by atoms with van der Waals surface area (Å²) in [5, 5.41) is 5.34. The van der Waals surface area contributed by atoms with Gasteiger partial charge in [-0.2, -0.15) is 0 Å². The Bertz CT molecular complexity index is 619. The monoisotopic (exact) mass is 412 g/mol. The summed E-state index contributed by atoms with van der Waals surface area (Å²) in [6.45, 7) is 5.28. The molecule has 1 rings (SSSR count). The number of esters is 1. The van der Waals surface area contributed by atoms with Gasteiger partial charge in [0.05, 0.1) is 7.11 Å². The van der Waals surface area contributed by atoms with Crippen LogP contribution in [-0.4, -0.2) is 37.0 Å². The topological polar surface area (TPSA) is 84.5 Å². The van der Waals surface area contributed by atoms with Crippen LogP contribution >= 0.6 is 15.9 Å². The summed E-state index contributed by atoms with van der Waals surface area (Å²) in [4.78, 5) is 36.0. The molecule has 1 aromatic carbocycles. The Morgan fingerprint density at radius 1 is 1.12 bits per heavy atom. The Kier molecular flexibility index (Phi) is 8.61. The van der Waals surface area contributed by atoms with Crippen LogP contribution in [0.5, 0.6) is 0 Å². The number of halogens is 1. The number of amides is 2. The van der Waals surface area contributed by atoms with Crippen LogP contribution in [0.2, 0.25) is 0 Å². The van der Waals surface area contributed by atoms with Crippen LogP contribution in [0.1, 0.15) is 32.8 Å². The van der Waals surface area contributed by atoms with Crippen LogP contribution in [0.25, 0.3) is 0 Å². The molecule has 7 heteroatoms. The number of ether oxygens (including phenoxy) is 1. The largest absolute Gasteiger partial charge is 0.467 e. The second-order valence-electron chi connectivity index (χ2n) is 6.26. The molecule has 6 nitrogen and oxygen atoms in total. The molecule has 1 aromatic rings. The molecule has 25 heavy (non-hydrogen) atoms. The van der Waals surface area contributed by atoms with Crippen LogP contribution in [0.3, 0.4) is 0 Å². The van der Waals surface area contributed by atoms with E-state index in [0.717, 1.165) is 10.0 Å². The number of hydrogen-bond donors (Lipinski definition) is 2. The number of methoxy groups -OCH3 is 1. The summed E-state index contributed by atoms with van der Waals surface area (Å²) in [7, 11) is 1.28. The summed E-state index contributed by atoms with van der Waals surface area (Å²) in [6, 6.07) is 5.93. The Labute approximate surface area is 156 Å². The zero-order valence-electron chi connectivity index (χ0n) is 15.0. The second kappa shape index (κ2) is 10.2. The van der Waals surface area contributed by atoms with E-state index >= 15 is 0 Å². The molecule has 0 aliphatic rings. The van der Waals surface area contributed by atoms with Crippen molar-refractivity contribution in [2.24, 2.45) is 5.92 Å². The van der Waals surface area contributed by atoms with E-state index < -0.39 is 24.0 Å². The molecule has 0 unspecified atom stereocenters. The van der Waals surface area contributed by atoms with E-state index in [1.807, 2.05) is 38.1 Å². The highest BCUT2D eigenvalue weighted by atomic mass is 79.9. The predicted octanol–water partition coefficient (Wildman–Crippen LogP) is 2.20. The van der Waals surface area contributed by atoms with E-state index in [0.29, 0.717) is 6.42 Å². The van der Waals surface area contributed by atoms with Gasteiger partial charge >= 0.3 is 5.97 Å². The van der Waals surface area contributed by atoms with Crippen molar-refractivity contribution in [1.82, 2.24) is 10.6 Å². The molecule has 0 aliphatic carbocycles. The number of rotatable bonds is 8. The molecule has 0 saturated heterocycles. The molecule has 2 amide bonds. The lowest BCUT2D eigenvalue weighted by Crippen LogP contribution is -2.52. The maximum atomic E-state index is 12.6. The smallest absolute Gasteiger partial charge is 0.328 e. The normalized spacial score (nSPS) is 13.0. The summed E-state index contributed by atoms with van der Waals surface area (Å²) >= 11 is 3.43. The molecular formula is C18H25BrN2O4. The van der Waals surface area contributed by atoms with Gasteiger partial charge < -0.3 is 15.4 Å². The second-order valence-corrected chi connectivity index (χ2v) is 7.12. The van der Waals surface area contributed by atoms with Crippen LogP contribution in [0.4, 0.5) is 0 Å². The van der Waals surface area contributed by atoms with Crippen molar-refractivity contribution in [2.75, 3.05) is 7.11 Å². The minimum absolute atomic E-state index is 0.211. The molecule has 0 bridgehead atoms. The fourth-order valence-electron chi connectivity index (χ4n) is 2.44. The lowest BCUT2D eigenvalue weighted by Gasteiger charge is -2.23. The van der Waals surface area contributed by atoms with Crippen molar-refractivity contribution in [3.8, 4) is 0 Å². The van der Waals surface area contributed by atoms with E-state index in [1.54, 1.807) is 0 Å². The van der Waals surface area contributed by atoms with Crippen LogP contribution in [0, 0.1) is 5.92 Å². The van der Waals surface area contributed by atoms with E-state index in [4.69, 9.17) is 4.74 Å². The molecule has 0 saturated carbocycles. The molecule has 0 aromatic heterocycles. The van der Waals surface area contributed by atoms with E-state index in [-0.39, 0.29) is 18.2 Å². The van der Waals surface area contributed by atoms with Crippen LogP contribution in [-0.2, 0) is 25.5 Å². The summed E-state index contributed by atoms with van der Waals surface area (Å²) < 4.78 is 5.66. The first-order valence-corrected chi connectivity index (χ1v) is 8.92. The van der Waals surface area contributed by atoms with Gasteiger partial charge in [-0.05, 0) is 24.0 Å².